The van der Waals surface area contributed by atoms with E-state index >= 15 is 0 Å². The molecule has 0 aromatic heterocycles. The lowest BCUT2D eigenvalue weighted by Crippen LogP contribution is -2.18. The number of carbonyl (C=O) groups is 1. The van der Waals surface area contributed by atoms with Gasteiger partial charge in [0.1, 0.15) is 5.82 Å². The van der Waals surface area contributed by atoms with Crippen molar-refractivity contribution < 1.29 is 17.6 Å². The Morgan fingerprint density at radius 2 is 2.21 bits per heavy atom. The lowest BCUT2D eigenvalue weighted by atomic mass is 10.1. The third kappa shape index (κ3) is 3.78. The summed E-state index contributed by atoms with van der Waals surface area (Å²) in [4.78, 5) is 11.7. The van der Waals surface area contributed by atoms with Crippen molar-refractivity contribution in [1.29, 1.82) is 0 Å². The van der Waals surface area contributed by atoms with Gasteiger partial charge in [0.05, 0.1) is 11.4 Å². The van der Waals surface area contributed by atoms with Crippen molar-refractivity contribution in [3.8, 4) is 0 Å². The molecule has 0 bridgehead atoms. The molecule has 1 aliphatic rings. The summed E-state index contributed by atoms with van der Waals surface area (Å²) in [5.74, 6) is -1.51. The molecule has 1 heterocycles. The van der Waals surface area contributed by atoms with E-state index in [2.05, 4.69) is 5.32 Å². The molecule has 1 aromatic carbocycles. The molecule has 0 saturated carbocycles. The summed E-state index contributed by atoms with van der Waals surface area (Å²) in [7, 11) is -3.18. The van der Waals surface area contributed by atoms with Gasteiger partial charge >= 0.3 is 0 Å². The Bertz CT molecular complexity index is 642. The largest absolute Gasteiger partial charge is 0.324 e. The SMILES string of the molecule is O=C(CC1C=CS(=O)(=O)C1)Nc1ccc(Cl)cc1F. The van der Waals surface area contributed by atoms with Crippen molar-refractivity contribution in [3.63, 3.8) is 0 Å². The number of halogens is 2. The van der Waals surface area contributed by atoms with Gasteiger partial charge in [-0.2, -0.15) is 0 Å². The van der Waals surface area contributed by atoms with Gasteiger partial charge in [-0.25, -0.2) is 12.8 Å². The highest BCUT2D eigenvalue weighted by Crippen LogP contribution is 2.21. The molecule has 4 nitrogen and oxygen atoms in total. The number of nitrogens with one attached hydrogen (secondary N) is 1. The molecule has 0 aliphatic carbocycles. The van der Waals surface area contributed by atoms with Crippen molar-refractivity contribution in [1.82, 2.24) is 0 Å². The minimum Gasteiger partial charge on any atom is -0.324 e. The van der Waals surface area contributed by atoms with Crippen molar-refractivity contribution in [2.24, 2.45) is 5.92 Å². The molecule has 1 amide bonds. The number of sulfone groups is 1. The average Bonchev–Trinajstić information content (AvgIpc) is 2.62. The highest BCUT2D eigenvalue weighted by molar-refractivity contribution is 7.94. The number of amides is 1. The number of benzene rings is 1. The van der Waals surface area contributed by atoms with Crippen LogP contribution in [0.25, 0.3) is 0 Å². The molecule has 1 aromatic rings. The van der Waals surface area contributed by atoms with Gasteiger partial charge in [-0.05, 0) is 18.2 Å². The van der Waals surface area contributed by atoms with Crippen molar-refractivity contribution >= 4 is 33.0 Å². The van der Waals surface area contributed by atoms with E-state index in [0.717, 1.165) is 11.5 Å². The number of carbonyl (C=O) groups excluding carboxylic acids is 1. The Balaban J connectivity index is 1.97. The number of hydrogen-bond donors (Lipinski definition) is 1. The highest BCUT2D eigenvalue weighted by Gasteiger charge is 2.24. The second kappa shape index (κ2) is 5.30. The minimum atomic E-state index is -3.18. The van der Waals surface area contributed by atoms with Crippen LogP contribution in [0.3, 0.4) is 0 Å². The van der Waals surface area contributed by atoms with E-state index < -0.39 is 21.6 Å². The van der Waals surface area contributed by atoms with E-state index in [1.807, 2.05) is 0 Å². The second-order valence-electron chi connectivity index (χ2n) is 4.29. The van der Waals surface area contributed by atoms with Gasteiger partial charge in [0.2, 0.25) is 5.91 Å². The van der Waals surface area contributed by atoms with Crippen LogP contribution in [0.2, 0.25) is 5.02 Å². The van der Waals surface area contributed by atoms with E-state index in [9.17, 15) is 17.6 Å². The molecule has 1 N–H and O–H groups in total. The lowest BCUT2D eigenvalue weighted by Gasteiger charge is -2.09. The molecule has 0 fully saturated rings. The smallest absolute Gasteiger partial charge is 0.225 e. The van der Waals surface area contributed by atoms with Gasteiger partial charge < -0.3 is 5.32 Å². The van der Waals surface area contributed by atoms with Gasteiger partial charge in [-0.15, -0.1) is 0 Å². The second-order valence-corrected chi connectivity index (χ2v) is 6.66. The predicted molar refractivity (Wildman–Crippen MR) is 71.1 cm³/mol. The first-order valence-electron chi connectivity index (χ1n) is 5.51. The molecule has 102 valence electrons. The first-order chi connectivity index (χ1) is 8.85. The highest BCUT2D eigenvalue weighted by atomic mass is 35.5. The first kappa shape index (κ1) is 14.0. The summed E-state index contributed by atoms with van der Waals surface area (Å²) >= 11 is 5.59. The number of allylic oxidation sites excluding steroid dienone is 1. The summed E-state index contributed by atoms with van der Waals surface area (Å²) in [6.07, 6.45) is 1.48. The van der Waals surface area contributed by atoms with Crippen molar-refractivity contribution in [2.45, 2.75) is 6.42 Å². The standard InChI is InChI=1S/C12H11ClFNO3S/c13-9-1-2-11(10(14)6-9)15-12(16)5-8-3-4-19(17,18)7-8/h1-4,6,8H,5,7H2,(H,15,16). The van der Waals surface area contributed by atoms with E-state index in [4.69, 9.17) is 11.6 Å². The zero-order valence-electron chi connectivity index (χ0n) is 9.77. The monoisotopic (exact) mass is 303 g/mol. The molecule has 0 saturated heterocycles. The quantitative estimate of drug-likeness (QED) is 0.932. The molecule has 1 atom stereocenters. The fourth-order valence-corrected chi connectivity index (χ4v) is 3.35. The summed E-state index contributed by atoms with van der Waals surface area (Å²) in [6.45, 7) is 0. The summed E-state index contributed by atoms with van der Waals surface area (Å²) < 4.78 is 35.8. The molecule has 0 spiro atoms. The summed E-state index contributed by atoms with van der Waals surface area (Å²) in [6, 6.07) is 3.91. The number of anilines is 1. The van der Waals surface area contributed by atoms with Crippen LogP contribution < -0.4 is 5.32 Å². The van der Waals surface area contributed by atoms with E-state index in [-0.39, 0.29) is 28.8 Å². The fraction of sp³-hybridized carbons (Fsp3) is 0.250. The molecule has 2 rings (SSSR count). The Kier molecular flexibility index (Phi) is 3.91. The normalized spacial score (nSPS) is 20.4. The van der Waals surface area contributed by atoms with Crippen LogP contribution in [0.1, 0.15) is 6.42 Å². The topological polar surface area (TPSA) is 63.2 Å². The molecule has 7 heteroatoms. The lowest BCUT2D eigenvalue weighted by molar-refractivity contribution is -0.116. The van der Waals surface area contributed by atoms with Gasteiger partial charge in [0.15, 0.2) is 9.84 Å². The van der Waals surface area contributed by atoms with E-state index in [0.29, 0.717) is 0 Å². The molecule has 1 unspecified atom stereocenters. The third-order valence-electron chi connectivity index (χ3n) is 2.66. The number of hydrogen-bond acceptors (Lipinski definition) is 3. The maximum atomic E-state index is 13.4. The summed E-state index contributed by atoms with van der Waals surface area (Å²) in [5, 5.41) is 3.73. The van der Waals surface area contributed by atoms with Gasteiger partial charge in [-0.3, -0.25) is 4.79 Å². The Morgan fingerprint density at radius 1 is 1.47 bits per heavy atom. The van der Waals surface area contributed by atoms with Crippen LogP contribution in [0.4, 0.5) is 10.1 Å². The maximum Gasteiger partial charge on any atom is 0.225 e. The van der Waals surface area contributed by atoms with Gasteiger partial charge in [0, 0.05) is 22.8 Å². The third-order valence-corrected chi connectivity index (χ3v) is 4.36. The first-order valence-corrected chi connectivity index (χ1v) is 7.61. The van der Waals surface area contributed by atoms with Crippen LogP contribution in [-0.2, 0) is 14.6 Å². The Morgan fingerprint density at radius 3 is 2.79 bits per heavy atom. The van der Waals surface area contributed by atoms with Crippen LogP contribution in [0, 0.1) is 11.7 Å². The van der Waals surface area contributed by atoms with E-state index in [1.54, 1.807) is 0 Å². The molecular formula is C12H11ClFNO3S. The minimum absolute atomic E-state index is 0.00219. The average molecular weight is 304 g/mol. The van der Waals surface area contributed by atoms with Crippen molar-refractivity contribution in [3.05, 3.63) is 40.5 Å². The van der Waals surface area contributed by atoms with Crippen LogP contribution >= 0.6 is 11.6 Å². The molecule has 0 radical (unpaired) electrons. The van der Waals surface area contributed by atoms with Crippen LogP contribution in [0.15, 0.2) is 29.7 Å². The zero-order chi connectivity index (χ0) is 14.0. The van der Waals surface area contributed by atoms with Crippen molar-refractivity contribution in [2.75, 3.05) is 11.1 Å². The van der Waals surface area contributed by atoms with Gasteiger partial charge in [0.25, 0.3) is 0 Å². The fourth-order valence-electron chi connectivity index (χ4n) is 1.80. The maximum absolute atomic E-state index is 13.4. The van der Waals surface area contributed by atoms with Crippen LogP contribution in [-0.4, -0.2) is 20.1 Å². The van der Waals surface area contributed by atoms with E-state index in [1.165, 1.54) is 18.2 Å². The molecule has 1 aliphatic heterocycles. The zero-order valence-corrected chi connectivity index (χ0v) is 11.3. The van der Waals surface area contributed by atoms with Crippen LogP contribution in [0.5, 0.6) is 0 Å². The molecular weight excluding hydrogens is 293 g/mol. The number of rotatable bonds is 3. The Labute approximate surface area is 115 Å². The summed E-state index contributed by atoms with van der Waals surface area (Å²) in [5.41, 5.74) is 0.0271. The molecule has 19 heavy (non-hydrogen) atoms. The Hall–Kier alpha value is -1.40. The predicted octanol–water partition coefficient (Wildman–Crippen LogP) is 2.37. The van der Waals surface area contributed by atoms with Gasteiger partial charge in [-0.1, -0.05) is 17.7 Å².